The largest absolute Gasteiger partial charge is 3.00 e. The second-order valence-electron chi connectivity index (χ2n) is 7.33. The fraction of sp³-hybridized carbons (Fsp3) is 0.250. The number of fused-ring (bicyclic) bond motifs is 2. The molecule has 0 N–H and O–H groups in total. The molecule has 29 heavy (non-hydrogen) atoms. The van der Waals surface area contributed by atoms with E-state index in [1.807, 2.05) is 6.08 Å². The molecule has 0 amide bonds. The zero-order valence-electron chi connectivity index (χ0n) is 15.8. The summed E-state index contributed by atoms with van der Waals surface area (Å²) in [4.78, 5) is 0. The molecule has 0 atom stereocenters. The van der Waals surface area contributed by atoms with Crippen LogP contribution in [0.1, 0.15) is 49.7 Å². The van der Waals surface area contributed by atoms with Crippen molar-refractivity contribution in [3.63, 3.8) is 0 Å². The van der Waals surface area contributed by atoms with Crippen molar-refractivity contribution in [3.05, 3.63) is 86.1 Å². The Hall–Kier alpha value is -1.02. The van der Waals surface area contributed by atoms with Crippen LogP contribution >= 0.6 is 0 Å². The van der Waals surface area contributed by atoms with Gasteiger partial charge in [-0.3, -0.25) is 0 Å². The van der Waals surface area contributed by atoms with Crippen LogP contribution in [0.25, 0.3) is 17.2 Å². The summed E-state index contributed by atoms with van der Waals surface area (Å²) in [6.07, 6.45) is 15.9. The van der Waals surface area contributed by atoms with Gasteiger partial charge in [-0.05, 0) is 37.3 Å². The van der Waals surface area contributed by atoms with Gasteiger partial charge in [0.25, 0.3) is 0 Å². The van der Waals surface area contributed by atoms with Gasteiger partial charge in [0, 0.05) is 0 Å². The summed E-state index contributed by atoms with van der Waals surface area (Å²) in [6.45, 7) is 0. The molecule has 0 unspecified atom stereocenters. The molecular formula is C24H19Cl2F2Zr. The van der Waals surface area contributed by atoms with Gasteiger partial charge in [0.05, 0.1) is 0 Å². The Morgan fingerprint density at radius 1 is 0.897 bits per heavy atom. The van der Waals surface area contributed by atoms with E-state index in [-0.39, 0.29) is 62.7 Å². The number of rotatable bonds is 1. The maximum Gasteiger partial charge on any atom is 3.00 e. The maximum absolute atomic E-state index is 15.3. The monoisotopic (exact) mass is 505 g/mol. The van der Waals surface area contributed by atoms with Gasteiger partial charge in [0.15, 0.2) is 0 Å². The van der Waals surface area contributed by atoms with Crippen LogP contribution in [0.15, 0.2) is 42.5 Å². The van der Waals surface area contributed by atoms with Crippen LogP contribution in [0.5, 0.6) is 0 Å². The fourth-order valence-corrected chi connectivity index (χ4v) is 4.50. The van der Waals surface area contributed by atoms with Crippen LogP contribution in [0.4, 0.5) is 8.78 Å². The van der Waals surface area contributed by atoms with Gasteiger partial charge in [-0.15, -0.1) is 33.4 Å². The van der Waals surface area contributed by atoms with Crippen molar-refractivity contribution in [2.24, 2.45) is 0 Å². The van der Waals surface area contributed by atoms with E-state index >= 15 is 4.39 Å². The van der Waals surface area contributed by atoms with Crippen molar-refractivity contribution >= 4 is 17.2 Å². The summed E-state index contributed by atoms with van der Waals surface area (Å²) in [7, 11) is 0. The number of halogens is 4. The number of allylic oxidation sites excluding steroid dienone is 4. The Kier molecular flexibility index (Phi) is 8.25. The van der Waals surface area contributed by atoms with E-state index in [1.165, 1.54) is 24.1 Å². The molecule has 2 aromatic carbocycles. The predicted octanol–water partition coefficient (Wildman–Crippen LogP) is -1.27. The molecule has 3 aliphatic carbocycles. The zero-order valence-corrected chi connectivity index (χ0v) is 19.8. The molecule has 0 spiro atoms. The topological polar surface area (TPSA) is 0 Å². The number of benzene rings is 2. The molecule has 1 fully saturated rings. The molecule has 147 valence electrons. The molecule has 0 saturated heterocycles. The van der Waals surface area contributed by atoms with Crippen molar-refractivity contribution in [1.29, 1.82) is 0 Å². The summed E-state index contributed by atoms with van der Waals surface area (Å²) in [5, 5.41) is 3.13. The third-order valence-electron chi connectivity index (χ3n) is 5.71. The van der Waals surface area contributed by atoms with Crippen LogP contribution in [0.2, 0.25) is 0 Å². The Bertz CT molecular complexity index is 1200. The molecule has 0 heterocycles. The molecule has 5 heteroatoms. The minimum absolute atomic E-state index is 0. The Morgan fingerprint density at radius 3 is 2.34 bits per heavy atom. The van der Waals surface area contributed by atoms with E-state index in [2.05, 4.69) is 18.2 Å². The standard InChI is InChI=1S/C24H19F2.2ClH.Zr/c25-18-11-10-17-12-21-20(19(17)13-18)14-22(26)24(16-6-2-1-3-7-16)23(21)15-8-4-5-9-15;;;/h4-5,8,10-11,13-14H,1-3,6-7,9H2;2*1H;/q-1;;;+3/p-2. The molecule has 1 saturated carbocycles. The molecule has 0 bridgehead atoms. The van der Waals surface area contributed by atoms with Gasteiger partial charge in [0.2, 0.25) is 0 Å². The predicted molar refractivity (Wildman–Crippen MR) is 100 cm³/mol. The first-order valence-electron chi connectivity index (χ1n) is 9.37. The van der Waals surface area contributed by atoms with Gasteiger partial charge in [-0.1, -0.05) is 59.6 Å². The molecule has 2 aromatic rings. The third-order valence-corrected chi connectivity index (χ3v) is 5.71. The Morgan fingerprint density at radius 2 is 1.66 bits per heavy atom. The van der Waals surface area contributed by atoms with E-state index in [4.69, 9.17) is 0 Å². The first-order valence-corrected chi connectivity index (χ1v) is 9.37. The minimum atomic E-state index is -0.298. The first kappa shape index (κ1) is 24.3. The number of hydrogen-bond donors (Lipinski definition) is 0. The SMILES string of the molecule is Fc1ccc2c(c1)=c1cc(F)c(=C3CCCCC3)c(C3=CC=CC3)c1[C-]=2.[Cl-].[Cl-].[Zr+3]. The van der Waals surface area contributed by atoms with Gasteiger partial charge in [0.1, 0.15) is 11.6 Å². The van der Waals surface area contributed by atoms with Crippen molar-refractivity contribution in [2.45, 2.75) is 38.5 Å². The number of hydrogen-bond acceptors (Lipinski definition) is 0. The van der Waals surface area contributed by atoms with Gasteiger partial charge in [-0.2, -0.15) is 0 Å². The fourth-order valence-electron chi connectivity index (χ4n) is 4.50. The van der Waals surface area contributed by atoms with Crippen LogP contribution in [0.3, 0.4) is 0 Å². The van der Waals surface area contributed by atoms with E-state index in [9.17, 15) is 4.39 Å². The molecule has 0 aromatic heterocycles. The van der Waals surface area contributed by atoms with Crippen LogP contribution in [-0.2, 0) is 26.2 Å². The minimum Gasteiger partial charge on any atom is -1.00 e. The van der Waals surface area contributed by atoms with E-state index < -0.39 is 0 Å². The summed E-state index contributed by atoms with van der Waals surface area (Å²) in [6, 6.07) is 6.27. The maximum atomic E-state index is 15.3. The van der Waals surface area contributed by atoms with E-state index in [1.54, 1.807) is 12.1 Å². The summed E-state index contributed by atoms with van der Waals surface area (Å²) >= 11 is 0. The quantitative estimate of drug-likeness (QED) is 0.361. The van der Waals surface area contributed by atoms with Gasteiger partial charge >= 0.3 is 26.2 Å². The second kappa shape index (κ2) is 9.86. The Balaban J connectivity index is 0.000001000. The molecule has 0 nitrogen and oxygen atoms in total. The summed E-state index contributed by atoms with van der Waals surface area (Å²) in [5.41, 5.74) is 4.26. The van der Waals surface area contributed by atoms with Crippen LogP contribution in [-0.4, -0.2) is 0 Å². The molecule has 1 radical (unpaired) electrons. The molecule has 3 aliphatic rings. The average molecular weight is 508 g/mol. The summed E-state index contributed by atoms with van der Waals surface area (Å²) in [5.74, 6) is -0.477. The summed E-state index contributed by atoms with van der Waals surface area (Å²) < 4.78 is 29.1. The smallest absolute Gasteiger partial charge is 1.00 e. The molecule has 5 rings (SSSR count). The second-order valence-corrected chi connectivity index (χ2v) is 7.33. The van der Waals surface area contributed by atoms with Gasteiger partial charge < -0.3 is 24.8 Å². The van der Waals surface area contributed by atoms with Crippen molar-refractivity contribution in [1.82, 2.24) is 0 Å². The van der Waals surface area contributed by atoms with Crippen molar-refractivity contribution in [3.8, 4) is 0 Å². The van der Waals surface area contributed by atoms with Crippen molar-refractivity contribution in [2.75, 3.05) is 0 Å². The Labute approximate surface area is 200 Å². The molecular weight excluding hydrogens is 488 g/mol. The molecule has 0 aliphatic heterocycles. The van der Waals surface area contributed by atoms with E-state index in [0.717, 1.165) is 69.7 Å². The van der Waals surface area contributed by atoms with Crippen LogP contribution < -0.4 is 35.3 Å². The zero-order chi connectivity index (χ0) is 17.7. The first-order chi connectivity index (χ1) is 12.7. The van der Waals surface area contributed by atoms with Crippen LogP contribution in [0, 0.1) is 22.1 Å². The van der Waals surface area contributed by atoms with Gasteiger partial charge in [-0.25, -0.2) is 8.78 Å². The van der Waals surface area contributed by atoms with E-state index in [0.29, 0.717) is 0 Å². The normalized spacial score (nSPS) is 15.9. The third kappa shape index (κ3) is 4.25. The average Bonchev–Trinajstić information content (AvgIpc) is 3.29. The van der Waals surface area contributed by atoms with Crippen molar-refractivity contribution < 1.29 is 59.8 Å².